The van der Waals surface area contributed by atoms with Crippen LogP contribution in [0.5, 0.6) is 0 Å². The van der Waals surface area contributed by atoms with E-state index in [2.05, 4.69) is 204 Å². The van der Waals surface area contributed by atoms with Crippen molar-refractivity contribution >= 4 is 35.7 Å². The molecule has 0 amide bonds. The minimum Gasteiger partial charge on any atom is -0.354 e. The summed E-state index contributed by atoms with van der Waals surface area (Å²) in [4.78, 5) is 44.7. The zero-order valence-corrected chi connectivity index (χ0v) is 59.9. The first-order chi connectivity index (χ1) is 40.0. The lowest BCUT2D eigenvalue weighted by Crippen LogP contribution is -2.58. The van der Waals surface area contributed by atoms with Gasteiger partial charge in [0.25, 0.3) is 0 Å². The van der Waals surface area contributed by atoms with E-state index in [-0.39, 0.29) is 44.3 Å². The Balaban J connectivity index is 0.996. The number of hydrogen-bond acceptors (Lipinski definition) is 16. The van der Waals surface area contributed by atoms with E-state index in [1.165, 1.54) is 103 Å². The van der Waals surface area contributed by atoms with E-state index < -0.39 is 0 Å². The van der Waals surface area contributed by atoms with Crippen molar-refractivity contribution in [1.82, 2.24) is 49.5 Å². The maximum absolute atomic E-state index is 5.01. The molecule has 16 nitrogen and oxygen atoms in total. The predicted octanol–water partition coefficient (Wildman–Crippen LogP) is 15.1. The van der Waals surface area contributed by atoms with Crippen molar-refractivity contribution in [3.05, 3.63) is 0 Å². The molecule has 4 fully saturated rings. The first kappa shape index (κ1) is 71.7. The average molecular weight is 1200 g/mol. The van der Waals surface area contributed by atoms with Crippen molar-refractivity contribution in [1.29, 1.82) is 0 Å². The van der Waals surface area contributed by atoms with Gasteiger partial charge in [-0.2, -0.15) is 29.9 Å². The van der Waals surface area contributed by atoms with E-state index in [0.717, 1.165) is 126 Å². The highest BCUT2D eigenvalue weighted by Gasteiger charge is 2.46. The van der Waals surface area contributed by atoms with Crippen LogP contribution in [0.2, 0.25) is 0 Å². The van der Waals surface area contributed by atoms with Crippen LogP contribution < -0.4 is 31.1 Å². The van der Waals surface area contributed by atoms with Gasteiger partial charge in [0.15, 0.2) is 0 Å². The molecule has 0 radical (unpaired) electrons. The molecule has 86 heavy (non-hydrogen) atoms. The molecule has 4 saturated heterocycles. The number of anilines is 6. The van der Waals surface area contributed by atoms with Crippen molar-refractivity contribution in [3.63, 3.8) is 0 Å². The third-order valence-electron chi connectivity index (χ3n) is 22.5. The Kier molecular flexibility index (Phi) is 25.2. The minimum absolute atomic E-state index is 0.228. The predicted molar refractivity (Wildman–Crippen MR) is 369 cm³/mol. The normalized spacial score (nSPS) is 22.6. The maximum Gasteiger partial charge on any atom is 0.231 e. The summed E-state index contributed by atoms with van der Waals surface area (Å²) in [5, 5.41) is 14.5. The Labute approximate surface area is 528 Å². The Bertz CT molecular complexity index is 1990. The topological polar surface area (TPSA) is 145 Å². The number of unbranched alkanes of at least 4 members (excludes halogenated alkanes) is 7. The van der Waals surface area contributed by atoms with Crippen molar-refractivity contribution in [2.24, 2.45) is 23.7 Å². The van der Waals surface area contributed by atoms with Gasteiger partial charge in [-0.1, -0.05) is 64.2 Å². The molecular formula is C70H134N16. The molecule has 0 aromatic carbocycles. The first-order valence-electron chi connectivity index (χ1n) is 34.9. The monoisotopic (exact) mass is 1200 g/mol. The highest BCUT2D eigenvalue weighted by atomic mass is 15.3. The number of nitrogens with one attached hydrogen (secondary N) is 4. The van der Waals surface area contributed by atoms with Crippen LogP contribution in [0.4, 0.5) is 35.7 Å². The first-order valence-corrected chi connectivity index (χ1v) is 34.9. The molecule has 0 spiro atoms. The van der Waals surface area contributed by atoms with Gasteiger partial charge in [-0.25, -0.2) is 0 Å². The zero-order chi connectivity index (χ0) is 63.5. The SMILES string of the molecule is CN(CCCCCCN(C)c1nc(NCCCCC2CC(C)(C)N(C)C(C)(C)C2)nc(NCCCCC2CC(C)(C)N(C)C(C)(C)C2)n1)c1nc(NCCCCC2CC(C)(C)N(C)C(C)(C)C2)nc(NCCCCC2CC(C)(C)N(C)C(C)(C)C2)n1. The van der Waals surface area contributed by atoms with Gasteiger partial charge in [-0.3, -0.25) is 19.6 Å². The summed E-state index contributed by atoms with van der Waals surface area (Å²) in [5.41, 5.74) is 1.82. The van der Waals surface area contributed by atoms with E-state index in [0.29, 0.717) is 23.8 Å². The molecule has 4 aliphatic heterocycles. The Morgan fingerprint density at radius 1 is 0.302 bits per heavy atom. The standard InChI is InChI=1S/C70H134N16/c1-63(2)45-53(46-64(3,4)83(63)19)35-25-29-39-71-57-75-58(72-40-30-26-36-54-47-65(5,6)84(20)66(7,8)48-54)78-61(77-57)81(17)43-33-23-24-34-44-82(18)62-79-59(73-41-31-27-37-55-49-67(9,10)85(21)68(11,12)50-55)76-60(80-62)74-42-32-28-38-56-51-69(13,14)86(22)70(15,16)52-56/h53-56H,23-52H2,1-22H3,(H2,71,72,75,77,78)(H2,73,74,76,79,80). The number of likely N-dealkylation sites (tertiary alicyclic amines) is 4. The number of rotatable bonds is 33. The molecule has 6 rings (SSSR count). The fourth-order valence-electron chi connectivity index (χ4n) is 16.8. The largest absolute Gasteiger partial charge is 0.354 e. The summed E-state index contributed by atoms with van der Waals surface area (Å²) in [5.74, 6) is 7.18. The molecule has 2 aromatic heterocycles. The maximum atomic E-state index is 5.01. The molecule has 16 heteroatoms. The quantitative estimate of drug-likeness (QED) is 0.0503. The minimum atomic E-state index is 0.228. The lowest BCUT2D eigenvalue weighted by Gasteiger charge is -2.54. The fourth-order valence-corrected chi connectivity index (χ4v) is 16.8. The van der Waals surface area contributed by atoms with Crippen LogP contribution in [0.3, 0.4) is 0 Å². The van der Waals surface area contributed by atoms with Crippen LogP contribution in [0.15, 0.2) is 0 Å². The number of piperidine rings is 4. The van der Waals surface area contributed by atoms with Gasteiger partial charge in [0.2, 0.25) is 35.7 Å². The lowest BCUT2D eigenvalue weighted by molar-refractivity contribution is -0.0323. The van der Waals surface area contributed by atoms with E-state index in [1.807, 2.05) is 0 Å². The van der Waals surface area contributed by atoms with Crippen molar-refractivity contribution in [2.45, 2.75) is 309 Å². The van der Waals surface area contributed by atoms with Crippen molar-refractivity contribution < 1.29 is 0 Å². The third-order valence-corrected chi connectivity index (χ3v) is 22.5. The van der Waals surface area contributed by atoms with Gasteiger partial charge in [0, 0.05) is 97.7 Å². The van der Waals surface area contributed by atoms with Crippen molar-refractivity contribution in [3.8, 4) is 0 Å². The van der Waals surface area contributed by atoms with E-state index in [9.17, 15) is 0 Å². The van der Waals surface area contributed by atoms with E-state index in [4.69, 9.17) is 29.9 Å². The molecular weight excluding hydrogens is 1060 g/mol. The van der Waals surface area contributed by atoms with Gasteiger partial charge in [-0.15, -0.1) is 0 Å². The van der Waals surface area contributed by atoms with Gasteiger partial charge < -0.3 is 31.1 Å². The van der Waals surface area contributed by atoms with Crippen LogP contribution in [-0.4, -0.2) is 175 Å². The summed E-state index contributed by atoms with van der Waals surface area (Å²) in [6.07, 6.45) is 28.7. The van der Waals surface area contributed by atoms with E-state index in [1.54, 1.807) is 0 Å². The summed E-state index contributed by atoms with van der Waals surface area (Å²) in [6, 6.07) is 0. The molecule has 0 aliphatic carbocycles. The third kappa shape index (κ3) is 20.6. The van der Waals surface area contributed by atoms with Crippen LogP contribution in [0.1, 0.15) is 265 Å². The van der Waals surface area contributed by atoms with Gasteiger partial charge in [0.05, 0.1) is 0 Å². The van der Waals surface area contributed by atoms with E-state index >= 15 is 0 Å². The summed E-state index contributed by atoms with van der Waals surface area (Å²) >= 11 is 0. The van der Waals surface area contributed by atoms with Crippen LogP contribution >= 0.6 is 0 Å². The van der Waals surface area contributed by atoms with Gasteiger partial charge in [0.1, 0.15) is 0 Å². The molecule has 4 aliphatic rings. The second-order valence-corrected chi connectivity index (χ2v) is 33.3. The molecule has 2 aromatic rings. The Morgan fingerprint density at radius 3 is 0.698 bits per heavy atom. The highest BCUT2D eigenvalue weighted by molar-refractivity contribution is 5.44. The second kappa shape index (κ2) is 30.2. The summed E-state index contributed by atoms with van der Waals surface area (Å²) in [7, 11) is 13.5. The molecule has 0 unspecified atom stereocenters. The van der Waals surface area contributed by atoms with Crippen LogP contribution in [0.25, 0.3) is 0 Å². The average Bonchev–Trinajstić information content (AvgIpc) is 1.14. The lowest BCUT2D eigenvalue weighted by atomic mass is 9.72. The van der Waals surface area contributed by atoms with Gasteiger partial charge in [-0.05, 0) is 253 Å². The molecule has 494 valence electrons. The number of hydrogen-bond donors (Lipinski definition) is 4. The number of nitrogens with zero attached hydrogens (tertiary/aromatic N) is 12. The highest BCUT2D eigenvalue weighted by Crippen LogP contribution is 2.45. The molecule has 0 atom stereocenters. The molecule has 4 N–H and O–H groups in total. The summed E-state index contributed by atoms with van der Waals surface area (Å²) in [6.45, 7) is 43.8. The van der Waals surface area contributed by atoms with Crippen LogP contribution in [-0.2, 0) is 0 Å². The molecule has 0 saturated carbocycles. The summed E-state index contributed by atoms with van der Waals surface area (Å²) < 4.78 is 0. The smallest absolute Gasteiger partial charge is 0.231 e. The van der Waals surface area contributed by atoms with Crippen molar-refractivity contribution in [2.75, 3.05) is 113 Å². The fraction of sp³-hybridized carbons (Fsp3) is 0.914. The zero-order valence-electron chi connectivity index (χ0n) is 59.9. The van der Waals surface area contributed by atoms with Crippen LogP contribution in [0, 0.1) is 23.7 Å². The number of aromatic nitrogens is 6. The Hall–Kier alpha value is -3.34. The molecule has 0 bridgehead atoms. The van der Waals surface area contributed by atoms with Gasteiger partial charge >= 0.3 is 0 Å². The molecule has 6 heterocycles. The Morgan fingerprint density at radius 2 is 0.500 bits per heavy atom. The second-order valence-electron chi connectivity index (χ2n) is 33.3.